The van der Waals surface area contributed by atoms with Gasteiger partial charge in [0.05, 0.1) is 21.7 Å². The van der Waals surface area contributed by atoms with Crippen molar-refractivity contribution in [2.45, 2.75) is 6.61 Å². The number of anilines is 1. The molecule has 0 aliphatic rings. The molecule has 0 fully saturated rings. The van der Waals surface area contributed by atoms with Crippen LogP contribution in [0.5, 0.6) is 5.75 Å². The number of nitrogen functional groups attached to an aromatic ring is 1. The number of rotatable bonds is 3. The van der Waals surface area contributed by atoms with Crippen molar-refractivity contribution in [3.05, 3.63) is 45.1 Å². The second-order valence-electron chi connectivity index (χ2n) is 3.36. The second-order valence-corrected chi connectivity index (χ2v) is 5.16. The smallest absolute Gasteiger partial charge is 0.142 e. The third kappa shape index (κ3) is 2.90. The van der Waals surface area contributed by atoms with Crippen LogP contribution < -0.4 is 10.5 Å². The van der Waals surface area contributed by atoms with Crippen molar-refractivity contribution in [1.29, 1.82) is 5.26 Å². The van der Waals surface area contributed by atoms with E-state index in [1.54, 1.807) is 18.2 Å². The molecule has 5 heteroatoms. The van der Waals surface area contributed by atoms with Gasteiger partial charge in [-0.2, -0.15) is 5.26 Å². The highest BCUT2D eigenvalue weighted by molar-refractivity contribution is 7.16. The van der Waals surface area contributed by atoms with E-state index in [0.717, 1.165) is 9.21 Å². The van der Waals surface area contributed by atoms with Gasteiger partial charge in [0, 0.05) is 4.88 Å². The summed E-state index contributed by atoms with van der Waals surface area (Å²) < 4.78 is 6.29. The summed E-state index contributed by atoms with van der Waals surface area (Å²) in [6.07, 6.45) is 0. The maximum absolute atomic E-state index is 8.70. The molecule has 1 aromatic heterocycles. The lowest BCUT2D eigenvalue weighted by atomic mass is 10.2. The van der Waals surface area contributed by atoms with Crippen LogP contribution in [0.4, 0.5) is 5.69 Å². The molecule has 2 N–H and O–H groups in total. The summed E-state index contributed by atoms with van der Waals surface area (Å²) in [7, 11) is 0. The van der Waals surface area contributed by atoms with Crippen LogP contribution in [-0.4, -0.2) is 0 Å². The molecule has 3 nitrogen and oxygen atoms in total. The predicted octanol–water partition coefficient (Wildman–Crippen LogP) is 3.43. The first-order valence-corrected chi connectivity index (χ1v) is 6.05. The number of ether oxygens (including phenoxy) is 1. The highest BCUT2D eigenvalue weighted by Gasteiger charge is 2.03. The number of halogens is 1. The summed E-state index contributed by atoms with van der Waals surface area (Å²) in [6.45, 7) is 0.424. The summed E-state index contributed by atoms with van der Waals surface area (Å²) in [5.41, 5.74) is 6.75. The molecule has 0 bridgehead atoms. The van der Waals surface area contributed by atoms with Gasteiger partial charge in [0.1, 0.15) is 12.4 Å². The quantitative estimate of drug-likeness (QED) is 0.864. The van der Waals surface area contributed by atoms with Crippen LogP contribution in [0.25, 0.3) is 0 Å². The van der Waals surface area contributed by atoms with E-state index in [1.165, 1.54) is 11.3 Å². The Bertz CT molecular complexity index is 574. The minimum absolute atomic E-state index is 0.424. The van der Waals surface area contributed by atoms with Crippen molar-refractivity contribution in [2.24, 2.45) is 0 Å². The van der Waals surface area contributed by atoms with Crippen LogP contribution in [0.3, 0.4) is 0 Å². The van der Waals surface area contributed by atoms with Crippen molar-refractivity contribution in [2.75, 3.05) is 5.73 Å². The lowest BCUT2D eigenvalue weighted by Gasteiger charge is -2.07. The zero-order chi connectivity index (χ0) is 12.3. The van der Waals surface area contributed by atoms with Gasteiger partial charge in [-0.25, -0.2) is 0 Å². The molecule has 86 valence electrons. The van der Waals surface area contributed by atoms with Gasteiger partial charge in [0.2, 0.25) is 0 Å². The van der Waals surface area contributed by atoms with Gasteiger partial charge in [-0.05, 0) is 30.3 Å². The van der Waals surface area contributed by atoms with Crippen molar-refractivity contribution in [3.8, 4) is 11.8 Å². The molecule has 17 heavy (non-hydrogen) atoms. The number of nitrogens with zero attached hydrogens (tertiary/aromatic N) is 1. The van der Waals surface area contributed by atoms with Gasteiger partial charge in [0.15, 0.2) is 0 Å². The SMILES string of the molecule is N#Cc1ccc(OCc2ccc(Cl)s2)c(N)c1. The molecule has 0 atom stereocenters. The van der Waals surface area contributed by atoms with Crippen LogP contribution in [-0.2, 0) is 6.61 Å². The minimum atomic E-state index is 0.424. The summed E-state index contributed by atoms with van der Waals surface area (Å²) in [4.78, 5) is 1.03. The first-order chi connectivity index (χ1) is 8.19. The van der Waals surface area contributed by atoms with Gasteiger partial charge < -0.3 is 10.5 Å². The molecule has 2 aromatic rings. The third-order valence-electron chi connectivity index (χ3n) is 2.14. The normalized spacial score (nSPS) is 9.88. The average molecular weight is 265 g/mol. The van der Waals surface area contributed by atoms with E-state index >= 15 is 0 Å². The van der Waals surface area contributed by atoms with Gasteiger partial charge in [-0.1, -0.05) is 11.6 Å². The van der Waals surface area contributed by atoms with Gasteiger partial charge in [-0.15, -0.1) is 11.3 Å². The third-order valence-corrected chi connectivity index (χ3v) is 3.34. The van der Waals surface area contributed by atoms with Crippen molar-refractivity contribution >= 4 is 28.6 Å². The standard InChI is InChI=1S/C12H9ClN2OS/c13-12-4-2-9(17-12)7-16-11-3-1-8(6-14)5-10(11)15/h1-5H,7,15H2. The Morgan fingerprint density at radius 1 is 1.35 bits per heavy atom. The fourth-order valence-electron chi connectivity index (χ4n) is 1.33. The molecule has 0 saturated heterocycles. The molecule has 2 rings (SSSR count). The first kappa shape index (κ1) is 11.8. The number of hydrogen-bond donors (Lipinski definition) is 1. The van der Waals surface area contributed by atoms with Crippen molar-refractivity contribution < 1.29 is 4.74 Å². The Balaban J connectivity index is 2.07. The largest absolute Gasteiger partial charge is 0.486 e. The second kappa shape index (κ2) is 5.09. The Kier molecular flexibility index (Phi) is 3.52. The van der Waals surface area contributed by atoms with E-state index < -0.39 is 0 Å². The maximum atomic E-state index is 8.70. The average Bonchev–Trinajstić information content (AvgIpc) is 2.73. The lowest BCUT2D eigenvalue weighted by Crippen LogP contribution is -1.97. The Hall–Kier alpha value is -1.70. The topological polar surface area (TPSA) is 59.0 Å². The van der Waals surface area contributed by atoms with Crippen LogP contribution in [0.2, 0.25) is 4.34 Å². The molecular formula is C12H9ClN2OS. The van der Waals surface area contributed by atoms with Crippen LogP contribution in [0.15, 0.2) is 30.3 Å². The Morgan fingerprint density at radius 3 is 2.76 bits per heavy atom. The van der Waals surface area contributed by atoms with Crippen molar-refractivity contribution in [1.82, 2.24) is 0 Å². The molecule has 0 amide bonds. The fraction of sp³-hybridized carbons (Fsp3) is 0.0833. The van der Waals surface area contributed by atoms with E-state index in [1.807, 2.05) is 18.2 Å². The molecule has 1 heterocycles. The Morgan fingerprint density at radius 2 is 2.18 bits per heavy atom. The molecule has 0 radical (unpaired) electrons. The van der Waals surface area contributed by atoms with Gasteiger partial charge in [-0.3, -0.25) is 0 Å². The zero-order valence-electron chi connectivity index (χ0n) is 8.81. The summed E-state index contributed by atoms with van der Waals surface area (Å²) in [6, 6.07) is 10.7. The van der Waals surface area contributed by atoms with E-state index in [-0.39, 0.29) is 0 Å². The van der Waals surface area contributed by atoms with Crippen molar-refractivity contribution in [3.63, 3.8) is 0 Å². The highest BCUT2D eigenvalue weighted by atomic mass is 35.5. The maximum Gasteiger partial charge on any atom is 0.142 e. The summed E-state index contributed by atoms with van der Waals surface area (Å²) in [5, 5.41) is 8.70. The zero-order valence-corrected chi connectivity index (χ0v) is 10.4. The molecule has 0 aliphatic carbocycles. The molecule has 1 aromatic carbocycles. The van der Waals surface area contributed by atoms with E-state index in [0.29, 0.717) is 23.6 Å². The number of nitrogens with two attached hydrogens (primary N) is 1. The van der Waals surface area contributed by atoms with Crippen LogP contribution in [0.1, 0.15) is 10.4 Å². The fourth-order valence-corrected chi connectivity index (χ4v) is 2.33. The number of nitriles is 1. The van der Waals surface area contributed by atoms with Crippen LogP contribution in [0, 0.1) is 11.3 Å². The Labute approximate surface area is 108 Å². The van der Waals surface area contributed by atoms with E-state index in [2.05, 4.69) is 0 Å². The predicted molar refractivity (Wildman–Crippen MR) is 69.2 cm³/mol. The summed E-state index contributed by atoms with van der Waals surface area (Å²) >= 11 is 7.28. The number of hydrogen-bond acceptors (Lipinski definition) is 4. The van der Waals surface area contributed by atoms with Gasteiger partial charge in [0.25, 0.3) is 0 Å². The van der Waals surface area contributed by atoms with E-state index in [9.17, 15) is 0 Å². The molecular weight excluding hydrogens is 256 g/mol. The molecule has 0 saturated carbocycles. The molecule has 0 unspecified atom stereocenters. The number of thiophene rings is 1. The molecule has 0 aliphatic heterocycles. The first-order valence-electron chi connectivity index (χ1n) is 4.85. The van der Waals surface area contributed by atoms with E-state index in [4.69, 9.17) is 27.3 Å². The summed E-state index contributed by atoms with van der Waals surface area (Å²) in [5.74, 6) is 0.577. The van der Waals surface area contributed by atoms with Gasteiger partial charge >= 0.3 is 0 Å². The molecule has 0 spiro atoms. The monoisotopic (exact) mass is 264 g/mol. The number of benzene rings is 1. The highest BCUT2D eigenvalue weighted by Crippen LogP contribution is 2.26. The van der Waals surface area contributed by atoms with Crippen LogP contribution >= 0.6 is 22.9 Å². The minimum Gasteiger partial charge on any atom is -0.486 e. The lowest BCUT2D eigenvalue weighted by molar-refractivity contribution is 0.311.